The van der Waals surface area contributed by atoms with Crippen LogP contribution in [0.5, 0.6) is 0 Å². The Morgan fingerprint density at radius 1 is 0.414 bits per heavy atom. The SMILES string of the molecule is CC/C=C\C/C=C\C/C=C\C/C=C\C/C=C\CC(=O)OCC(COCCCCCCCC/C=C\CCCC)OC(=O)CCCCCCC/C=C\CCCCCCCC. The van der Waals surface area contributed by atoms with Crippen molar-refractivity contribution in [1.29, 1.82) is 0 Å². The Balaban J connectivity index is 4.41. The third-order valence-corrected chi connectivity index (χ3v) is 9.92. The van der Waals surface area contributed by atoms with Gasteiger partial charge in [-0.2, -0.15) is 0 Å². The van der Waals surface area contributed by atoms with Crippen molar-refractivity contribution >= 4 is 11.9 Å². The highest BCUT2D eigenvalue weighted by Crippen LogP contribution is 2.12. The Labute approximate surface area is 359 Å². The van der Waals surface area contributed by atoms with Crippen LogP contribution in [0.25, 0.3) is 0 Å². The fourth-order valence-electron chi connectivity index (χ4n) is 6.32. The number of carbonyl (C=O) groups is 2. The van der Waals surface area contributed by atoms with Crippen LogP contribution in [-0.2, 0) is 23.8 Å². The lowest BCUT2D eigenvalue weighted by molar-refractivity contribution is -0.162. The van der Waals surface area contributed by atoms with E-state index in [0.29, 0.717) is 13.0 Å². The molecule has 5 heteroatoms. The predicted molar refractivity (Wildman–Crippen MR) is 251 cm³/mol. The Kier molecular flexibility index (Phi) is 46.0. The van der Waals surface area contributed by atoms with Gasteiger partial charge in [0.2, 0.25) is 0 Å². The van der Waals surface area contributed by atoms with Gasteiger partial charge in [-0.3, -0.25) is 9.59 Å². The lowest BCUT2D eigenvalue weighted by Gasteiger charge is -2.18. The van der Waals surface area contributed by atoms with Crippen LogP contribution in [0.3, 0.4) is 0 Å². The van der Waals surface area contributed by atoms with E-state index in [-0.39, 0.29) is 31.6 Å². The zero-order chi connectivity index (χ0) is 42.1. The van der Waals surface area contributed by atoms with Crippen molar-refractivity contribution in [1.82, 2.24) is 0 Å². The summed E-state index contributed by atoms with van der Waals surface area (Å²) < 4.78 is 17.2. The van der Waals surface area contributed by atoms with Crippen LogP contribution in [0, 0.1) is 0 Å². The maximum Gasteiger partial charge on any atom is 0.309 e. The molecule has 1 atom stereocenters. The number of ether oxygens (including phenoxy) is 3. The summed E-state index contributed by atoms with van der Waals surface area (Å²) in [5, 5.41) is 0. The molecule has 0 fully saturated rings. The first-order chi connectivity index (χ1) is 28.6. The smallest absolute Gasteiger partial charge is 0.309 e. The highest BCUT2D eigenvalue weighted by atomic mass is 16.6. The van der Waals surface area contributed by atoms with Gasteiger partial charge in [0.1, 0.15) is 6.61 Å². The molecule has 0 N–H and O–H groups in total. The summed E-state index contributed by atoms with van der Waals surface area (Å²) >= 11 is 0. The second kappa shape index (κ2) is 48.4. The molecule has 0 aromatic heterocycles. The van der Waals surface area contributed by atoms with Gasteiger partial charge in [0.15, 0.2) is 6.10 Å². The molecule has 0 spiro atoms. The molecule has 0 saturated carbocycles. The maximum atomic E-state index is 12.8. The largest absolute Gasteiger partial charge is 0.461 e. The van der Waals surface area contributed by atoms with Gasteiger partial charge >= 0.3 is 11.9 Å². The molecule has 0 aromatic rings. The molecular formula is C53H90O5. The number of hydrogen-bond donors (Lipinski definition) is 0. The average molecular weight is 807 g/mol. The Morgan fingerprint density at radius 2 is 0.845 bits per heavy atom. The lowest BCUT2D eigenvalue weighted by atomic mass is 10.1. The van der Waals surface area contributed by atoms with Gasteiger partial charge in [-0.25, -0.2) is 0 Å². The van der Waals surface area contributed by atoms with Gasteiger partial charge in [0, 0.05) is 13.0 Å². The number of esters is 2. The summed E-state index contributed by atoms with van der Waals surface area (Å²) in [5.41, 5.74) is 0. The molecule has 5 nitrogen and oxygen atoms in total. The summed E-state index contributed by atoms with van der Waals surface area (Å²) in [7, 11) is 0. The van der Waals surface area contributed by atoms with E-state index >= 15 is 0 Å². The molecule has 0 aromatic carbocycles. The zero-order valence-corrected chi connectivity index (χ0v) is 38.0. The van der Waals surface area contributed by atoms with Crippen molar-refractivity contribution in [2.45, 2.75) is 219 Å². The van der Waals surface area contributed by atoms with Crippen LogP contribution in [0.15, 0.2) is 85.1 Å². The predicted octanol–water partition coefficient (Wildman–Crippen LogP) is 16.1. The van der Waals surface area contributed by atoms with Crippen molar-refractivity contribution in [3.63, 3.8) is 0 Å². The minimum atomic E-state index is -0.585. The van der Waals surface area contributed by atoms with Crippen molar-refractivity contribution in [2.75, 3.05) is 19.8 Å². The second-order valence-corrected chi connectivity index (χ2v) is 15.6. The van der Waals surface area contributed by atoms with E-state index in [1.807, 2.05) is 12.2 Å². The van der Waals surface area contributed by atoms with Crippen LogP contribution in [0.2, 0.25) is 0 Å². The molecular weight excluding hydrogens is 717 g/mol. The summed E-state index contributed by atoms with van der Waals surface area (Å²) in [4.78, 5) is 25.2. The van der Waals surface area contributed by atoms with Crippen LogP contribution in [0.1, 0.15) is 213 Å². The zero-order valence-electron chi connectivity index (χ0n) is 38.0. The third kappa shape index (κ3) is 45.8. The molecule has 0 aliphatic rings. The van der Waals surface area contributed by atoms with Crippen LogP contribution < -0.4 is 0 Å². The molecule has 58 heavy (non-hydrogen) atoms. The van der Waals surface area contributed by atoms with Crippen molar-refractivity contribution in [3.05, 3.63) is 85.1 Å². The maximum absolute atomic E-state index is 12.8. The van der Waals surface area contributed by atoms with Crippen molar-refractivity contribution in [3.8, 4) is 0 Å². The quantitative estimate of drug-likeness (QED) is 0.0349. The lowest BCUT2D eigenvalue weighted by Crippen LogP contribution is -2.30. The monoisotopic (exact) mass is 807 g/mol. The van der Waals surface area contributed by atoms with E-state index < -0.39 is 6.10 Å². The number of carbonyl (C=O) groups excluding carboxylic acids is 2. The van der Waals surface area contributed by atoms with Gasteiger partial charge < -0.3 is 14.2 Å². The Hall–Kier alpha value is -2.92. The Morgan fingerprint density at radius 3 is 1.36 bits per heavy atom. The van der Waals surface area contributed by atoms with E-state index in [0.717, 1.165) is 70.6 Å². The van der Waals surface area contributed by atoms with Crippen molar-refractivity contribution < 1.29 is 23.8 Å². The standard InChI is InChI=1S/C53H90O5/c1-4-7-10-13-16-19-22-25-27-29-31-34-37-40-43-46-52(54)57-50-51(49-56-48-45-42-39-36-33-24-21-18-15-12-9-6-3)58-53(55)47-44-41-38-35-32-30-28-26-23-20-17-14-11-8-5-2/h7,10,15-16,18-19,25-28,31,34,40,43,51H,4-6,8-9,11-14,17,20-24,29-30,32-33,35-39,41-42,44-50H2,1-3H3/b10-7-,18-15-,19-16-,27-25-,28-26-,34-31-,43-40-. The Bertz CT molecular complexity index is 1090. The third-order valence-electron chi connectivity index (χ3n) is 9.92. The highest BCUT2D eigenvalue weighted by Gasteiger charge is 2.17. The van der Waals surface area contributed by atoms with Crippen molar-refractivity contribution in [2.24, 2.45) is 0 Å². The minimum absolute atomic E-state index is 0.0224. The molecule has 0 aliphatic heterocycles. The van der Waals surface area contributed by atoms with Crippen LogP contribution in [0.4, 0.5) is 0 Å². The van der Waals surface area contributed by atoms with Gasteiger partial charge in [0.25, 0.3) is 0 Å². The number of hydrogen-bond acceptors (Lipinski definition) is 5. The molecule has 0 bridgehead atoms. The molecule has 0 radical (unpaired) electrons. The fourth-order valence-corrected chi connectivity index (χ4v) is 6.32. The summed E-state index contributed by atoms with van der Waals surface area (Å²) in [5.74, 6) is -0.559. The van der Waals surface area contributed by atoms with Gasteiger partial charge in [-0.1, -0.05) is 196 Å². The van der Waals surface area contributed by atoms with Gasteiger partial charge in [0.05, 0.1) is 13.0 Å². The van der Waals surface area contributed by atoms with Gasteiger partial charge in [-0.15, -0.1) is 0 Å². The van der Waals surface area contributed by atoms with E-state index in [1.165, 1.54) is 109 Å². The molecule has 0 saturated heterocycles. The molecule has 0 heterocycles. The molecule has 0 rings (SSSR count). The average Bonchev–Trinajstić information content (AvgIpc) is 3.22. The fraction of sp³-hybridized carbons (Fsp3) is 0.698. The summed E-state index contributed by atoms with van der Waals surface area (Å²) in [6.07, 6.45) is 63.2. The van der Waals surface area contributed by atoms with Crippen LogP contribution in [-0.4, -0.2) is 37.9 Å². The van der Waals surface area contributed by atoms with Crippen LogP contribution >= 0.6 is 0 Å². The number of rotatable bonds is 43. The van der Waals surface area contributed by atoms with Gasteiger partial charge in [-0.05, 0) is 89.9 Å². The first-order valence-corrected chi connectivity index (χ1v) is 24.1. The number of allylic oxidation sites excluding steroid dienone is 13. The van der Waals surface area contributed by atoms with E-state index in [1.54, 1.807) is 0 Å². The first-order valence-electron chi connectivity index (χ1n) is 24.1. The first kappa shape index (κ1) is 55.1. The van der Waals surface area contributed by atoms with E-state index in [4.69, 9.17) is 14.2 Å². The minimum Gasteiger partial charge on any atom is -0.461 e. The van der Waals surface area contributed by atoms with E-state index in [2.05, 4.69) is 93.7 Å². The normalized spacial score (nSPS) is 12.9. The molecule has 0 aliphatic carbocycles. The highest BCUT2D eigenvalue weighted by molar-refractivity contribution is 5.71. The second-order valence-electron chi connectivity index (χ2n) is 15.6. The summed E-state index contributed by atoms with van der Waals surface area (Å²) in [6.45, 7) is 7.54. The number of unbranched alkanes of at least 4 members (excludes halogenated alkanes) is 19. The summed E-state index contributed by atoms with van der Waals surface area (Å²) in [6, 6.07) is 0. The molecule has 332 valence electrons. The molecule has 0 amide bonds. The molecule has 1 unspecified atom stereocenters. The van der Waals surface area contributed by atoms with E-state index in [9.17, 15) is 9.59 Å². The topological polar surface area (TPSA) is 61.8 Å².